The minimum absolute atomic E-state index is 0.0289. The van der Waals surface area contributed by atoms with Crippen molar-refractivity contribution < 1.29 is 4.79 Å². The van der Waals surface area contributed by atoms with Crippen LogP contribution in [0.1, 0.15) is 20.3 Å². The number of rotatable bonds is 2. The Balaban J connectivity index is 2.46. The summed E-state index contributed by atoms with van der Waals surface area (Å²) in [6.07, 6.45) is 4.94. The molecule has 0 aliphatic carbocycles. The van der Waals surface area contributed by atoms with Gasteiger partial charge in [0, 0.05) is 22.1 Å². The Kier molecular flexibility index (Phi) is 3.91. The third-order valence-corrected chi connectivity index (χ3v) is 5.15. The zero-order valence-corrected chi connectivity index (χ0v) is 12.3. The number of amides is 1. The van der Waals surface area contributed by atoms with E-state index in [4.69, 9.17) is 5.41 Å². The van der Waals surface area contributed by atoms with E-state index in [1.807, 2.05) is 17.9 Å². The Morgan fingerprint density at radius 1 is 1.53 bits per heavy atom. The molecule has 1 unspecified atom stereocenters. The number of hydrogen-bond donors (Lipinski definition) is 1. The van der Waals surface area contributed by atoms with Crippen LogP contribution in [0.25, 0.3) is 0 Å². The molecule has 0 bridgehead atoms. The molecule has 2 rings (SSSR count). The first kappa shape index (κ1) is 12.7. The molecule has 17 heavy (non-hydrogen) atoms. The highest BCUT2D eigenvalue weighted by Crippen LogP contribution is 2.25. The molecule has 1 amide bonds. The van der Waals surface area contributed by atoms with Crippen LogP contribution in [0.5, 0.6) is 0 Å². The third kappa shape index (κ3) is 2.27. The fraction of sp³-hybridized carbons (Fsp3) is 0.462. The van der Waals surface area contributed by atoms with E-state index < -0.39 is 0 Å². The van der Waals surface area contributed by atoms with Crippen molar-refractivity contribution in [2.45, 2.75) is 26.3 Å². The molecule has 0 radical (unpaired) electrons. The van der Waals surface area contributed by atoms with Gasteiger partial charge in [0.05, 0.1) is 11.8 Å². The van der Waals surface area contributed by atoms with Crippen LogP contribution in [0.2, 0.25) is 0 Å². The molecule has 4 heteroatoms. The van der Waals surface area contributed by atoms with Crippen molar-refractivity contribution in [2.75, 3.05) is 11.0 Å². The Morgan fingerprint density at radius 3 is 3.00 bits per heavy atom. The second-order valence-electron chi connectivity index (χ2n) is 4.24. The molecule has 2 heterocycles. The highest BCUT2D eigenvalue weighted by Gasteiger charge is 2.33. The Morgan fingerprint density at radius 2 is 2.29 bits per heavy atom. The molecule has 0 saturated heterocycles. The zero-order chi connectivity index (χ0) is 12.4. The van der Waals surface area contributed by atoms with E-state index in [2.05, 4.69) is 17.0 Å². The molecule has 1 N–H and O–H groups in total. The molecule has 2 aliphatic heterocycles. The van der Waals surface area contributed by atoms with Crippen LogP contribution < -0.4 is 0 Å². The van der Waals surface area contributed by atoms with Crippen LogP contribution in [0.15, 0.2) is 23.3 Å². The quantitative estimate of drug-likeness (QED) is 0.606. The van der Waals surface area contributed by atoms with E-state index in [1.54, 1.807) is 0 Å². The highest BCUT2D eigenvalue weighted by atomic mass is 127. The molecular weight excluding hydrogens is 327 g/mol. The van der Waals surface area contributed by atoms with E-state index in [0.29, 0.717) is 5.71 Å². The summed E-state index contributed by atoms with van der Waals surface area (Å²) in [5.74, 6) is 0.101. The molecule has 92 valence electrons. The third-order valence-electron chi connectivity index (χ3n) is 3.07. The van der Waals surface area contributed by atoms with E-state index in [1.165, 1.54) is 0 Å². The topological polar surface area (TPSA) is 44.2 Å². The van der Waals surface area contributed by atoms with Crippen molar-refractivity contribution >= 4 is 36.4 Å². The van der Waals surface area contributed by atoms with Crippen molar-refractivity contribution in [3.8, 4) is 0 Å². The summed E-state index contributed by atoms with van der Waals surface area (Å²) in [5.41, 5.74) is 2.24. The summed E-state index contributed by atoms with van der Waals surface area (Å²) in [7, 11) is 0. The smallest absolute Gasteiger partial charge is 0.255 e. The normalized spacial score (nSPS) is 24.6. The highest BCUT2D eigenvalue weighted by molar-refractivity contribution is 14.2. The summed E-state index contributed by atoms with van der Waals surface area (Å²) < 4.78 is 3.21. The van der Waals surface area contributed by atoms with Gasteiger partial charge in [0.2, 0.25) is 0 Å². The fourth-order valence-corrected chi connectivity index (χ4v) is 4.04. The lowest BCUT2D eigenvalue weighted by molar-refractivity contribution is -0.128. The van der Waals surface area contributed by atoms with Crippen molar-refractivity contribution in [3.05, 3.63) is 23.3 Å². The molecule has 3 nitrogen and oxygen atoms in total. The minimum Gasteiger partial charge on any atom is -0.330 e. The van der Waals surface area contributed by atoms with Crippen LogP contribution in [0.3, 0.4) is 0 Å². The Labute approximate surface area is 112 Å². The second-order valence-corrected chi connectivity index (χ2v) is 6.62. The maximum absolute atomic E-state index is 12.4. The molecule has 0 aromatic carbocycles. The van der Waals surface area contributed by atoms with Crippen molar-refractivity contribution in [3.63, 3.8) is 0 Å². The molecule has 0 saturated carbocycles. The van der Waals surface area contributed by atoms with Crippen molar-refractivity contribution in [1.29, 1.82) is 5.41 Å². The van der Waals surface area contributed by atoms with Crippen LogP contribution in [-0.2, 0) is 4.79 Å². The predicted octanol–water partition coefficient (Wildman–Crippen LogP) is 2.29. The average Bonchev–Trinajstić information content (AvgIpc) is 2.57. The number of halogens is 1. The average molecular weight is 344 g/mol. The first-order valence-corrected chi connectivity index (χ1v) is 8.65. The predicted molar refractivity (Wildman–Crippen MR) is 80.3 cm³/mol. The number of carbonyl (C=O) groups is 1. The summed E-state index contributed by atoms with van der Waals surface area (Å²) in [6, 6.07) is -0.0760. The number of allylic oxidation sites excluding steroid dienone is 1. The molecule has 0 fully saturated rings. The van der Waals surface area contributed by atoms with Gasteiger partial charge in [-0.05, 0) is 17.4 Å². The van der Waals surface area contributed by atoms with E-state index in [9.17, 15) is 4.79 Å². The molecule has 1 atom stereocenters. The van der Waals surface area contributed by atoms with Gasteiger partial charge < -0.3 is 10.3 Å². The van der Waals surface area contributed by atoms with Crippen LogP contribution in [0.4, 0.5) is 0 Å². The molecule has 0 aromatic heterocycles. The lowest BCUT2D eigenvalue weighted by Crippen LogP contribution is -2.48. The van der Waals surface area contributed by atoms with Gasteiger partial charge in [-0.2, -0.15) is 0 Å². The molecular formula is C13H17IN2O. The van der Waals surface area contributed by atoms with Crippen molar-refractivity contribution in [1.82, 2.24) is 4.90 Å². The maximum atomic E-state index is 12.4. The number of nitrogens with zero attached hydrogens (tertiary/aromatic N) is 1. The molecule has 2 aliphatic rings. The van der Waals surface area contributed by atoms with Gasteiger partial charge in [-0.15, -0.1) is 20.7 Å². The lowest BCUT2D eigenvalue weighted by atomic mass is 9.93. The van der Waals surface area contributed by atoms with Crippen LogP contribution in [-0.4, -0.2) is 37.5 Å². The van der Waals surface area contributed by atoms with E-state index in [0.717, 1.165) is 28.5 Å². The zero-order valence-electron chi connectivity index (χ0n) is 10.2. The van der Waals surface area contributed by atoms with E-state index in [-0.39, 0.29) is 32.7 Å². The van der Waals surface area contributed by atoms with Gasteiger partial charge in [0.15, 0.2) is 0 Å². The largest absolute Gasteiger partial charge is 0.330 e. The second kappa shape index (κ2) is 5.25. The van der Waals surface area contributed by atoms with Gasteiger partial charge in [-0.3, -0.25) is 4.79 Å². The monoisotopic (exact) mass is 344 g/mol. The SMILES string of the molecule is CCCN1C(=O)C2=C(C=ICC=C2)C(=N)C1C. The molecule has 0 aromatic rings. The molecule has 0 spiro atoms. The first-order valence-electron chi connectivity index (χ1n) is 5.88. The van der Waals surface area contributed by atoms with Gasteiger partial charge in [-0.1, -0.05) is 19.1 Å². The first-order chi connectivity index (χ1) is 8.16. The minimum atomic E-state index is -0.0760. The van der Waals surface area contributed by atoms with Crippen LogP contribution in [0, 0.1) is 5.41 Å². The lowest BCUT2D eigenvalue weighted by Gasteiger charge is -2.34. The number of nitrogens with one attached hydrogen (secondary N) is 1. The summed E-state index contributed by atoms with van der Waals surface area (Å²) >= 11 is -0.0289. The van der Waals surface area contributed by atoms with Crippen LogP contribution >= 0.6 is 20.7 Å². The summed E-state index contributed by atoms with van der Waals surface area (Å²) in [4.78, 5) is 14.2. The number of carbonyl (C=O) groups excluding carboxylic acids is 1. The Bertz CT molecular complexity index is 448. The van der Waals surface area contributed by atoms with Gasteiger partial charge in [0.1, 0.15) is 0 Å². The fourth-order valence-electron chi connectivity index (χ4n) is 2.12. The number of alkyl halides is 1. The maximum Gasteiger partial charge on any atom is 0.255 e. The van der Waals surface area contributed by atoms with Gasteiger partial charge in [0.25, 0.3) is 5.91 Å². The summed E-state index contributed by atoms with van der Waals surface area (Å²) in [6.45, 7) is 4.76. The Hall–Kier alpha value is -0.780. The van der Waals surface area contributed by atoms with Gasteiger partial charge >= 0.3 is 0 Å². The van der Waals surface area contributed by atoms with E-state index >= 15 is 0 Å². The van der Waals surface area contributed by atoms with Gasteiger partial charge in [-0.25, -0.2) is 0 Å². The summed E-state index contributed by atoms with van der Waals surface area (Å²) in [5, 5.41) is 8.22. The van der Waals surface area contributed by atoms with Crippen molar-refractivity contribution in [2.24, 2.45) is 0 Å². The number of hydrogen-bond acceptors (Lipinski definition) is 2. The standard InChI is InChI=1S/C13H17IN2O/c1-3-7-16-9(2)12(15)11-8-14-6-4-5-10(11)13(16)17/h4-5,8-9,15H,3,6-7H2,1-2H3.